The van der Waals surface area contributed by atoms with Crippen molar-refractivity contribution in [1.29, 1.82) is 0 Å². The monoisotopic (exact) mass is 291 g/mol. The van der Waals surface area contributed by atoms with Crippen LogP contribution in [0.15, 0.2) is 36.4 Å². The molecule has 0 aliphatic heterocycles. The van der Waals surface area contributed by atoms with E-state index in [-0.39, 0.29) is 0 Å². The van der Waals surface area contributed by atoms with Gasteiger partial charge in [-0.3, -0.25) is 0 Å². The lowest BCUT2D eigenvalue weighted by atomic mass is 10.1. The minimum absolute atomic E-state index is 0.422. The first kappa shape index (κ1) is 12.8. The molecule has 0 spiro atoms. The summed E-state index contributed by atoms with van der Waals surface area (Å²) in [5.41, 5.74) is 5.08. The van der Waals surface area contributed by atoms with Crippen LogP contribution in [0.1, 0.15) is 16.7 Å². The fourth-order valence-corrected chi connectivity index (χ4v) is 3.03. The molecule has 2 aromatic carbocycles. The molecule has 3 rings (SSSR count). The summed E-state index contributed by atoms with van der Waals surface area (Å²) >= 11 is 12.1. The van der Waals surface area contributed by atoms with Gasteiger partial charge in [-0.05, 0) is 60.7 Å². The van der Waals surface area contributed by atoms with Gasteiger partial charge in [-0.1, -0.05) is 35.3 Å². The van der Waals surface area contributed by atoms with Gasteiger partial charge in [0.15, 0.2) is 0 Å². The van der Waals surface area contributed by atoms with Gasteiger partial charge in [-0.15, -0.1) is 0 Å². The van der Waals surface area contributed by atoms with Gasteiger partial charge in [0.05, 0.1) is 0 Å². The quantitative estimate of drug-likeness (QED) is 0.831. The molecule has 19 heavy (non-hydrogen) atoms. The number of nitrogens with one attached hydrogen (secondary N) is 1. The summed E-state index contributed by atoms with van der Waals surface area (Å²) in [5, 5.41) is 5.18. The topological polar surface area (TPSA) is 12.0 Å². The number of benzene rings is 2. The Balaban J connectivity index is 1.78. The first-order valence-electron chi connectivity index (χ1n) is 6.42. The van der Waals surface area contributed by atoms with Crippen molar-refractivity contribution in [3.05, 3.63) is 63.1 Å². The van der Waals surface area contributed by atoms with Crippen LogP contribution in [0.5, 0.6) is 0 Å². The molecule has 0 aromatic heterocycles. The molecular weight excluding hydrogens is 277 g/mol. The van der Waals surface area contributed by atoms with Crippen LogP contribution in [0.2, 0.25) is 10.0 Å². The van der Waals surface area contributed by atoms with Gasteiger partial charge in [0, 0.05) is 21.8 Å². The Morgan fingerprint density at radius 1 is 0.947 bits per heavy atom. The van der Waals surface area contributed by atoms with Gasteiger partial charge in [0.1, 0.15) is 0 Å². The predicted octanol–water partition coefficient (Wildman–Crippen LogP) is 4.88. The Labute approximate surface area is 123 Å². The molecule has 0 radical (unpaired) electrons. The van der Waals surface area contributed by atoms with Crippen LogP contribution in [0.3, 0.4) is 0 Å². The van der Waals surface area contributed by atoms with Gasteiger partial charge in [-0.2, -0.15) is 0 Å². The van der Waals surface area contributed by atoms with Crippen LogP contribution < -0.4 is 5.32 Å². The van der Waals surface area contributed by atoms with Crippen molar-refractivity contribution >= 4 is 28.9 Å². The fourth-order valence-electron chi connectivity index (χ4n) is 2.66. The lowest BCUT2D eigenvalue weighted by Gasteiger charge is -2.16. The van der Waals surface area contributed by atoms with E-state index in [4.69, 9.17) is 23.2 Å². The fraction of sp³-hybridized carbons (Fsp3) is 0.250. The highest BCUT2D eigenvalue weighted by Crippen LogP contribution is 2.29. The van der Waals surface area contributed by atoms with Gasteiger partial charge in [0.2, 0.25) is 0 Å². The summed E-state index contributed by atoms with van der Waals surface area (Å²) in [6, 6.07) is 12.5. The van der Waals surface area contributed by atoms with Crippen LogP contribution in [-0.4, -0.2) is 6.04 Å². The first-order chi connectivity index (χ1) is 9.11. The molecule has 0 amide bonds. The molecule has 2 aromatic rings. The SMILES string of the molecule is Cc1ccc(Cl)cc1NC1Cc2ccc(Cl)cc2C1. The Bertz CT molecular complexity index is 622. The molecule has 3 heteroatoms. The van der Waals surface area contributed by atoms with Crippen molar-refractivity contribution in [1.82, 2.24) is 0 Å². The Hall–Kier alpha value is -1.18. The van der Waals surface area contributed by atoms with E-state index in [1.165, 1.54) is 16.7 Å². The van der Waals surface area contributed by atoms with Crippen LogP contribution >= 0.6 is 23.2 Å². The largest absolute Gasteiger partial charge is 0.381 e. The van der Waals surface area contributed by atoms with Crippen molar-refractivity contribution in [3.8, 4) is 0 Å². The summed E-state index contributed by atoms with van der Waals surface area (Å²) in [5.74, 6) is 0. The molecule has 1 nitrogen and oxygen atoms in total. The van der Waals surface area contributed by atoms with Crippen LogP contribution in [0.4, 0.5) is 5.69 Å². The maximum Gasteiger partial charge on any atom is 0.0426 e. The molecule has 0 fully saturated rings. The number of hydrogen-bond donors (Lipinski definition) is 1. The first-order valence-corrected chi connectivity index (χ1v) is 7.17. The van der Waals surface area contributed by atoms with E-state index in [1.807, 2.05) is 24.3 Å². The summed E-state index contributed by atoms with van der Waals surface area (Å²) < 4.78 is 0. The molecule has 1 atom stereocenters. The highest BCUT2D eigenvalue weighted by atomic mass is 35.5. The number of halogens is 2. The van der Waals surface area contributed by atoms with E-state index in [9.17, 15) is 0 Å². The molecule has 0 bridgehead atoms. The van der Waals surface area contributed by atoms with Gasteiger partial charge < -0.3 is 5.32 Å². The molecule has 0 heterocycles. The van der Waals surface area contributed by atoms with Crippen molar-refractivity contribution in [2.24, 2.45) is 0 Å². The normalized spacial score (nSPS) is 17.3. The second-order valence-electron chi connectivity index (χ2n) is 5.12. The van der Waals surface area contributed by atoms with E-state index in [2.05, 4.69) is 24.4 Å². The highest BCUT2D eigenvalue weighted by molar-refractivity contribution is 6.31. The Morgan fingerprint density at radius 3 is 2.47 bits per heavy atom. The maximum absolute atomic E-state index is 6.05. The summed E-state index contributed by atoms with van der Waals surface area (Å²) in [4.78, 5) is 0. The smallest absolute Gasteiger partial charge is 0.0426 e. The lowest BCUT2D eigenvalue weighted by Crippen LogP contribution is -2.19. The van der Waals surface area contributed by atoms with Gasteiger partial charge in [0.25, 0.3) is 0 Å². The minimum Gasteiger partial charge on any atom is -0.381 e. The van der Waals surface area contributed by atoms with Crippen molar-refractivity contribution in [2.75, 3.05) is 5.32 Å². The molecule has 0 saturated heterocycles. The molecule has 98 valence electrons. The van der Waals surface area contributed by atoms with Crippen LogP contribution in [0.25, 0.3) is 0 Å². The molecule has 0 saturated carbocycles. The zero-order chi connectivity index (χ0) is 13.4. The molecular formula is C16H15Cl2N. The average molecular weight is 292 g/mol. The second-order valence-corrected chi connectivity index (χ2v) is 5.99. The molecule has 1 aliphatic rings. The summed E-state index contributed by atoms with van der Waals surface area (Å²) in [6.45, 7) is 2.09. The van der Waals surface area contributed by atoms with E-state index in [0.717, 1.165) is 28.6 Å². The third kappa shape index (κ3) is 2.72. The zero-order valence-corrected chi connectivity index (χ0v) is 12.2. The number of aryl methyl sites for hydroxylation is 1. The zero-order valence-electron chi connectivity index (χ0n) is 10.7. The number of anilines is 1. The minimum atomic E-state index is 0.422. The number of hydrogen-bond acceptors (Lipinski definition) is 1. The third-order valence-corrected chi connectivity index (χ3v) is 4.13. The van der Waals surface area contributed by atoms with E-state index >= 15 is 0 Å². The highest BCUT2D eigenvalue weighted by Gasteiger charge is 2.21. The van der Waals surface area contributed by atoms with Crippen LogP contribution in [0, 0.1) is 6.92 Å². The average Bonchev–Trinajstić information content (AvgIpc) is 2.75. The standard InChI is InChI=1S/C16H15Cl2N/c1-10-2-4-14(18)9-16(10)19-15-7-11-3-5-13(17)6-12(11)8-15/h2-6,9,15,19H,7-8H2,1H3. The van der Waals surface area contributed by atoms with Gasteiger partial charge >= 0.3 is 0 Å². The summed E-state index contributed by atoms with van der Waals surface area (Å²) in [7, 11) is 0. The van der Waals surface area contributed by atoms with E-state index in [0.29, 0.717) is 6.04 Å². The van der Waals surface area contributed by atoms with E-state index in [1.54, 1.807) is 0 Å². The molecule has 1 aliphatic carbocycles. The van der Waals surface area contributed by atoms with Crippen molar-refractivity contribution in [2.45, 2.75) is 25.8 Å². The van der Waals surface area contributed by atoms with Gasteiger partial charge in [-0.25, -0.2) is 0 Å². The Kier molecular flexibility index (Phi) is 3.42. The number of rotatable bonds is 2. The Morgan fingerprint density at radius 2 is 1.63 bits per heavy atom. The molecule has 1 unspecified atom stereocenters. The van der Waals surface area contributed by atoms with E-state index < -0.39 is 0 Å². The number of fused-ring (bicyclic) bond motifs is 1. The second kappa shape index (κ2) is 5.07. The third-order valence-electron chi connectivity index (χ3n) is 3.66. The predicted molar refractivity (Wildman–Crippen MR) is 82.5 cm³/mol. The van der Waals surface area contributed by atoms with Crippen LogP contribution in [-0.2, 0) is 12.8 Å². The van der Waals surface area contributed by atoms with Crippen molar-refractivity contribution in [3.63, 3.8) is 0 Å². The lowest BCUT2D eigenvalue weighted by molar-refractivity contribution is 0.773. The molecule has 1 N–H and O–H groups in total. The maximum atomic E-state index is 6.05. The van der Waals surface area contributed by atoms with Crippen molar-refractivity contribution < 1.29 is 0 Å². The summed E-state index contributed by atoms with van der Waals surface area (Å²) in [6.07, 6.45) is 2.06.